The van der Waals surface area contributed by atoms with E-state index in [1.54, 1.807) is 18.2 Å². The quantitative estimate of drug-likeness (QED) is 0.459. The van der Waals surface area contributed by atoms with E-state index in [9.17, 15) is 26.3 Å². The van der Waals surface area contributed by atoms with Gasteiger partial charge in [0.1, 0.15) is 0 Å². The summed E-state index contributed by atoms with van der Waals surface area (Å²) in [6.07, 6.45) is -9.25. The molecule has 2 aromatic rings. The number of rotatable bonds is 2. The lowest BCUT2D eigenvalue weighted by atomic mass is 9.98. The van der Waals surface area contributed by atoms with Crippen LogP contribution in [0.15, 0.2) is 65.4 Å². The summed E-state index contributed by atoms with van der Waals surface area (Å²) in [6.45, 7) is 0. The molecule has 1 aliphatic rings. The van der Waals surface area contributed by atoms with Crippen LogP contribution in [0.4, 0.5) is 32.0 Å². The first-order valence-corrected chi connectivity index (χ1v) is 7.60. The number of nitrogens with zero attached hydrogens (tertiary/aromatic N) is 2. The molecule has 0 fully saturated rings. The number of halogens is 6. The Morgan fingerprint density at radius 3 is 1.93 bits per heavy atom. The molecular formula is C18H12F6N3+. The second kappa shape index (κ2) is 6.57. The van der Waals surface area contributed by atoms with Gasteiger partial charge in [-0.3, -0.25) is 0 Å². The van der Waals surface area contributed by atoms with Gasteiger partial charge in [0.2, 0.25) is 11.9 Å². The van der Waals surface area contributed by atoms with Gasteiger partial charge in [-0.1, -0.05) is 30.3 Å². The number of hydrazone groups is 1. The Kier molecular flexibility index (Phi) is 4.54. The van der Waals surface area contributed by atoms with Gasteiger partial charge >= 0.3 is 18.0 Å². The fourth-order valence-electron chi connectivity index (χ4n) is 2.60. The SMILES string of the molecule is Nc1ccc(C2=C(C(F)(F)F)[N+](=Cc3ccccc3)N=C2C(F)(F)F)cc1. The van der Waals surface area contributed by atoms with E-state index in [4.69, 9.17) is 5.73 Å². The Bertz CT molecular complexity index is 936. The highest BCUT2D eigenvalue weighted by atomic mass is 19.4. The molecular weight excluding hydrogens is 372 g/mol. The highest BCUT2D eigenvalue weighted by molar-refractivity contribution is 6.28. The van der Waals surface area contributed by atoms with E-state index in [0.29, 0.717) is 0 Å². The van der Waals surface area contributed by atoms with Crippen molar-refractivity contribution in [1.82, 2.24) is 0 Å². The number of hydrogen-bond acceptors (Lipinski definition) is 2. The van der Waals surface area contributed by atoms with Crippen molar-refractivity contribution in [3.05, 3.63) is 71.4 Å². The van der Waals surface area contributed by atoms with Crippen molar-refractivity contribution < 1.29 is 31.0 Å². The minimum absolute atomic E-state index is 0.212. The molecule has 0 aliphatic carbocycles. The third-order valence-corrected chi connectivity index (χ3v) is 3.72. The Hall–Kier alpha value is -3.10. The Labute approximate surface area is 149 Å². The number of alkyl halides is 6. The molecule has 0 saturated carbocycles. The third-order valence-electron chi connectivity index (χ3n) is 3.72. The van der Waals surface area contributed by atoms with Crippen LogP contribution in [0.1, 0.15) is 11.1 Å². The number of anilines is 1. The second-order valence-corrected chi connectivity index (χ2v) is 5.67. The van der Waals surface area contributed by atoms with Gasteiger partial charge in [-0.05, 0) is 34.5 Å². The molecule has 0 atom stereocenters. The standard InChI is InChI=1S/C18H12F6N3/c19-17(20,21)15-14(12-6-8-13(25)9-7-12)16(18(22,23)24)27(26-15)10-11-4-2-1-3-5-11/h1-10H,25H2/q+1. The molecule has 3 nitrogen and oxygen atoms in total. The number of benzene rings is 2. The van der Waals surface area contributed by atoms with E-state index in [1.165, 1.54) is 24.3 Å². The minimum atomic E-state index is -5.08. The number of nitrogens with two attached hydrogens (primary N) is 1. The molecule has 0 radical (unpaired) electrons. The molecule has 0 spiro atoms. The molecule has 1 heterocycles. The molecule has 2 aromatic carbocycles. The van der Waals surface area contributed by atoms with Crippen molar-refractivity contribution in [2.24, 2.45) is 5.10 Å². The van der Waals surface area contributed by atoms with E-state index in [-0.39, 0.29) is 21.5 Å². The smallest absolute Gasteiger partial charge is 0.399 e. The molecule has 0 unspecified atom stereocenters. The first-order chi connectivity index (χ1) is 12.6. The molecule has 0 amide bonds. The summed E-state index contributed by atoms with van der Waals surface area (Å²) in [6, 6.07) is 12.3. The van der Waals surface area contributed by atoms with Gasteiger partial charge in [0, 0.05) is 16.4 Å². The zero-order valence-electron chi connectivity index (χ0n) is 13.5. The summed E-state index contributed by atoms with van der Waals surface area (Å²) in [4.78, 5) is 0. The molecule has 27 heavy (non-hydrogen) atoms. The summed E-state index contributed by atoms with van der Waals surface area (Å²) in [5, 5.41) is 3.23. The van der Waals surface area contributed by atoms with Gasteiger partial charge in [0.15, 0.2) is 0 Å². The van der Waals surface area contributed by atoms with Crippen molar-refractivity contribution in [1.29, 1.82) is 0 Å². The van der Waals surface area contributed by atoms with Crippen molar-refractivity contribution in [2.75, 3.05) is 5.73 Å². The van der Waals surface area contributed by atoms with Crippen LogP contribution in [0.2, 0.25) is 0 Å². The Morgan fingerprint density at radius 1 is 0.815 bits per heavy atom. The average Bonchev–Trinajstić information content (AvgIpc) is 2.96. The maximum Gasteiger partial charge on any atom is 0.481 e. The lowest BCUT2D eigenvalue weighted by molar-refractivity contribution is -0.500. The Balaban J connectivity index is 2.30. The van der Waals surface area contributed by atoms with E-state index in [0.717, 1.165) is 18.3 Å². The second-order valence-electron chi connectivity index (χ2n) is 5.67. The van der Waals surface area contributed by atoms with Crippen LogP contribution in [0.3, 0.4) is 0 Å². The summed E-state index contributed by atoms with van der Waals surface area (Å²) in [5.74, 6) is 0. The minimum Gasteiger partial charge on any atom is -0.399 e. The van der Waals surface area contributed by atoms with Crippen LogP contribution >= 0.6 is 0 Å². The van der Waals surface area contributed by atoms with Crippen LogP contribution < -0.4 is 5.73 Å². The van der Waals surface area contributed by atoms with Crippen LogP contribution in [0, 0.1) is 0 Å². The number of nitrogen functional groups attached to an aromatic ring is 1. The monoisotopic (exact) mass is 384 g/mol. The molecule has 0 saturated heterocycles. The van der Waals surface area contributed by atoms with Crippen LogP contribution in [0.25, 0.3) is 5.57 Å². The highest BCUT2D eigenvalue weighted by Crippen LogP contribution is 2.41. The first-order valence-electron chi connectivity index (χ1n) is 7.60. The van der Waals surface area contributed by atoms with Gasteiger partial charge in [0.05, 0.1) is 5.57 Å². The van der Waals surface area contributed by atoms with Gasteiger partial charge in [-0.15, -0.1) is 0 Å². The zero-order valence-corrected chi connectivity index (χ0v) is 13.5. The van der Waals surface area contributed by atoms with E-state index in [1.807, 2.05) is 0 Å². The molecule has 140 valence electrons. The van der Waals surface area contributed by atoms with Crippen molar-refractivity contribution in [3.8, 4) is 0 Å². The van der Waals surface area contributed by atoms with Crippen LogP contribution in [-0.2, 0) is 0 Å². The van der Waals surface area contributed by atoms with Crippen molar-refractivity contribution >= 4 is 23.2 Å². The summed E-state index contributed by atoms with van der Waals surface area (Å²) < 4.78 is 81.7. The predicted molar refractivity (Wildman–Crippen MR) is 89.2 cm³/mol. The van der Waals surface area contributed by atoms with Gasteiger partial charge in [-0.25, -0.2) is 0 Å². The topological polar surface area (TPSA) is 41.4 Å². The lowest BCUT2D eigenvalue weighted by Gasteiger charge is -2.09. The number of allylic oxidation sites excluding steroid dienone is 2. The van der Waals surface area contributed by atoms with Crippen LogP contribution in [-0.4, -0.2) is 29.0 Å². The van der Waals surface area contributed by atoms with Crippen LogP contribution in [0.5, 0.6) is 0 Å². The first kappa shape index (κ1) is 18.7. The molecule has 3 rings (SSSR count). The maximum atomic E-state index is 13.7. The molecule has 2 N–H and O–H groups in total. The molecule has 1 aliphatic heterocycles. The highest BCUT2D eigenvalue weighted by Gasteiger charge is 2.57. The third kappa shape index (κ3) is 3.86. The Morgan fingerprint density at radius 2 is 1.41 bits per heavy atom. The van der Waals surface area contributed by atoms with Crippen molar-refractivity contribution in [2.45, 2.75) is 12.4 Å². The molecule has 0 aromatic heterocycles. The lowest BCUT2D eigenvalue weighted by Crippen LogP contribution is -2.24. The van der Waals surface area contributed by atoms with E-state index >= 15 is 0 Å². The van der Waals surface area contributed by atoms with E-state index < -0.39 is 29.3 Å². The normalized spacial score (nSPS) is 16.8. The molecule has 9 heteroatoms. The zero-order chi connectivity index (χ0) is 19.8. The average molecular weight is 384 g/mol. The summed E-state index contributed by atoms with van der Waals surface area (Å²) >= 11 is 0. The molecule has 0 bridgehead atoms. The summed E-state index contributed by atoms with van der Waals surface area (Å²) in [7, 11) is 0. The fraction of sp³-hybridized carbons (Fsp3) is 0.111. The maximum absolute atomic E-state index is 13.7. The van der Waals surface area contributed by atoms with Gasteiger partial charge in [0.25, 0.3) is 0 Å². The predicted octanol–water partition coefficient (Wildman–Crippen LogP) is 4.61. The van der Waals surface area contributed by atoms with Gasteiger partial charge < -0.3 is 5.73 Å². The summed E-state index contributed by atoms with van der Waals surface area (Å²) in [5.41, 5.74) is 1.52. The van der Waals surface area contributed by atoms with Gasteiger partial charge in [-0.2, -0.15) is 26.3 Å². The fourth-order valence-corrected chi connectivity index (χ4v) is 2.60. The largest absolute Gasteiger partial charge is 0.481 e. The van der Waals surface area contributed by atoms with E-state index in [2.05, 4.69) is 5.10 Å². The van der Waals surface area contributed by atoms with Crippen molar-refractivity contribution in [3.63, 3.8) is 0 Å². The number of hydrogen-bond donors (Lipinski definition) is 1.